The van der Waals surface area contributed by atoms with Crippen molar-refractivity contribution in [1.29, 1.82) is 0 Å². The number of hydrogen-bond donors (Lipinski definition) is 2. The van der Waals surface area contributed by atoms with E-state index >= 15 is 0 Å². The number of benzene rings is 1. The number of rotatable bonds is 6. The zero-order chi connectivity index (χ0) is 18.6. The maximum absolute atomic E-state index is 9.81. The van der Waals surface area contributed by atoms with Crippen molar-refractivity contribution in [2.24, 2.45) is 0 Å². The molecule has 3 aromatic heterocycles. The molecular weight excluding hydrogens is 342 g/mol. The van der Waals surface area contributed by atoms with E-state index < -0.39 is 0 Å². The third kappa shape index (κ3) is 3.39. The number of aromatic hydroxyl groups is 1. The Morgan fingerprint density at radius 1 is 1.15 bits per heavy atom. The number of pyridine rings is 1. The summed E-state index contributed by atoms with van der Waals surface area (Å²) in [6, 6.07) is 11.1. The van der Waals surface area contributed by atoms with Gasteiger partial charge in [-0.3, -0.25) is 4.98 Å². The Bertz CT molecular complexity index is 1060. The van der Waals surface area contributed by atoms with Gasteiger partial charge in [0.2, 0.25) is 0 Å². The summed E-state index contributed by atoms with van der Waals surface area (Å²) in [4.78, 5) is 8.60. The second-order valence-corrected chi connectivity index (χ2v) is 6.05. The molecule has 4 aromatic rings. The minimum absolute atomic E-state index is 0.100. The Kier molecular flexibility index (Phi) is 4.57. The molecule has 1 aromatic carbocycles. The molecule has 0 aliphatic rings. The zero-order valence-electron chi connectivity index (χ0n) is 14.8. The molecule has 3 heterocycles. The molecule has 136 valence electrons. The fourth-order valence-corrected chi connectivity index (χ4v) is 2.96. The summed E-state index contributed by atoms with van der Waals surface area (Å²) in [6.07, 6.45) is 8.02. The highest BCUT2D eigenvalue weighted by Crippen LogP contribution is 2.33. The predicted octanol–water partition coefficient (Wildman–Crippen LogP) is 3.16. The summed E-state index contributed by atoms with van der Waals surface area (Å²) in [5.41, 5.74) is 3.64. The third-order valence-electron chi connectivity index (χ3n) is 4.33. The molecule has 0 saturated carbocycles. The van der Waals surface area contributed by atoms with Crippen LogP contribution < -0.4 is 10.1 Å². The van der Waals surface area contributed by atoms with Gasteiger partial charge in [0.15, 0.2) is 17.1 Å². The van der Waals surface area contributed by atoms with Gasteiger partial charge in [-0.15, -0.1) is 0 Å². The first-order valence-electron chi connectivity index (χ1n) is 8.59. The van der Waals surface area contributed by atoms with Crippen LogP contribution in [0.5, 0.6) is 11.5 Å². The van der Waals surface area contributed by atoms with Crippen LogP contribution in [-0.2, 0) is 6.42 Å². The largest absolute Gasteiger partial charge is 0.504 e. The van der Waals surface area contributed by atoms with E-state index in [1.54, 1.807) is 35.2 Å². The summed E-state index contributed by atoms with van der Waals surface area (Å²) in [6.45, 7) is 0.757. The summed E-state index contributed by atoms with van der Waals surface area (Å²) in [5, 5.41) is 17.7. The normalized spacial score (nSPS) is 10.9. The van der Waals surface area contributed by atoms with Gasteiger partial charge >= 0.3 is 0 Å². The predicted molar refractivity (Wildman–Crippen MR) is 103 cm³/mol. The van der Waals surface area contributed by atoms with Gasteiger partial charge in [-0.05, 0) is 41.8 Å². The number of fused-ring (bicyclic) bond motifs is 1. The molecule has 0 radical (unpaired) electrons. The number of nitrogens with zero attached hydrogens (tertiary/aromatic N) is 4. The van der Waals surface area contributed by atoms with Crippen LogP contribution in [0.1, 0.15) is 5.56 Å². The molecule has 0 unspecified atom stereocenters. The van der Waals surface area contributed by atoms with Gasteiger partial charge in [0.25, 0.3) is 0 Å². The molecular formula is C20H19N5O2. The number of aromatic nitrogens is 4. The molecule has 7 heteroatoms. The van der Waals surface area contributed by atoms with Crippen molar-refractivity contribution in [3.63, 3.8) is 0 Å². The maximum atomic E-state index is 9.81. The van der Waals surface area contributed by atoms with Gasteiger partial charge < -0.3 is 15.2 Å². The lowest BCUT2D eigenvalue weighted by Crippen LogP contribution is -2.09. The summed E-state index contributed by atoms with van der Waals surface area (Å²) >= 11 is 0. The van der Waals surface area contributed by atoms with Crippen LogP contribution in [0.2, 0.25) is 0 Å². The number of nitrogens with one attached hydrogen (secondary N) is 1. The van der Waals surface area contributed by atoms with E-state index in [0.29, 0.717) is 5.75 Å². The van der Waals surface area contributed by atoms with Gasteiger partial charge in [0.05, 0.1) is 13.3 Å². The van der Waals surface area contributed by atoms with Crippen LogP contribution in [-0.4, -0.2) is 38.3 Å². The highest BCUT2D eigenvalue weighted by Gasteiger charge is 2.12. The first kappa shape index (κ1) is 16.8. The Balaban J connectivity index is 1.60. The van der Waals surface area contributed by atoms with Gasteiger partial charge in [-0.25, -0.2) is 4.98 Å². The van der Waals surface area contributed by atoms with Crippen molar-refractivity contribution in [3.8, 4) is 22.6 Å². The second kappa shape index (κ2) is 7.33. The van der Waals surface area contributed by atoms with Crippen LogP contribution in [0.15, 0.2) is 61.2 Å². The number of anilines is 1. The van der Waals surface area contributed by atoms with Crippen molar-refractivity contribution in [2.45, 2.75) is 6.42 Å². The molecule has 0 spiro atoms. The van der Waals surface area contributed by atoms with E-state index in [1.807, 2.05) is 24.4 Å². The zero-order valence-corrected chi connectivity index (χ0v) is 14.8. The van der Waals surface area contributed by atoms with Crippen molar-refractivity contribution in [1.82, 2.24) is 19.6 Å². The van der Waals surface area contributed by atoms with Crippen LogP contribution in [0.25, 0.3) is 16.8 Å². The van der Waals surface area contributed by atoms with Crippen molar-refractivity contribution in [2.75, 3.05) is 19.0 Å². The van der Waals surface area contributed by atoms with E-state index in [1.165, 1.54) is 12.7 Å². The van der Waals surface area contributed by atoms with Gasteiger partial charge in [0, 0.05) is 30.7 Å². The lowest BCUT2D eigenvalue weighted by molar-refractivity contribution is 0.373. The molecule has 0 atom stereocenters. The molecule has 27 heavy (non-hydrogen) atoms. The smallest absolute Gasteiger partial charge is 0.165 e. The SMILES string of the molecule is COc1cc(-c2cnn3c(NCCc4cccnc4)ccnc23)ccc1O. The number of phenolic OH excluding ortho intramolecular Hbond substituents is 1. The Hall–Kier alpha value is -3.61. The fourth-order valence-electron chi connectivity index (χ4n) is 2.96. The number of methoxy groups -OCH3 is 1. The highest BCUT2D eigenvalue weighted by atomic mass is 16.5. The second-order valence-electron chi connectivity index (χ2n) is 6.05. The maximum Gasteiger partial charge on any atom is 0.165 e. The minimum atomic E-state index is 0.100. The highest BCUT2D eigenvalue weighted by molar-refractivity contribution is 5.79. The van der Waals surface area contributed by atoms with Crippen LogP contribution in [0, 0.1) is 0 Å². The minimum Gasteiger partial charge on any atom is -0.504 e. The Labute approximate surface area is 156 Å². The lowest BCUT2D eigenvalue weighted by atomic mass is 10.1. The average molecular weight is 361 g/mol. The van der Waals surface area contributed by atoms with Crippen molar-refractivity contribution < 1.29 is 9.84 Å². The van der Waals surface area contributed by atoms with Crippen LogP contribution in [0.3, 0.4) is 0 Å². The fraction of sp³-hybridized carbons (Fsp3) is 0.150. The monoisotopic (exact) mass is 361 g/mol. The van der Waals surface area contributed by atoms with Gasteiger partial charge in [-0.1, -0.05) is 12.1 Å². The topological polar surface area (TPSA) is 84.6 Å². The number of phenols is 1. The average Bonchev–Trinajstić information content (AvgIpc) is 3.14. The van der Waals surface area contributed by atoms with E-state index in [4.69, 9.17) is 4.74 Å². The molecule has 0 saturated heterocycles. The standard InChI is InChI=1S/C20H19N5O2/c1-27-18-11-15(4-5-17(18)26)16-13-24-25-19(7-10-23-20(16)25)22-9-6-14-3-2-8-21-12-14/h2-5,7-8,10-13,22,26H,6,9H2,1H3. The van der Waals surface area contributed by atoms with Gasteiger partial charge in [-0.2, -0.15) is 9.61 Å². The summed E-state index contributed by atoms with van der Waals surface area (Å²) in [5.74, 6) is 1.38. The Morgan fingerprint density at radius 3 is 2.89 bits per heavy atom. The van der Waals surface area contributed by atoms with E-state index in [-0.39, 0.29) is 5.75 Å². The molecule has 0 bridgehead atoms. The quantitative estimate of drug-likeness (QED) is 0.549. The Morgan fingerprint density at radius 2 is 2.07 bits per heavy atom. The summed E-state index contributed by atoms with van der Waals surface area (Å²) < 4.78 is 6.98. The molecule has 0 amide bonds. The van der Waals surface area contributed by atoms with Crippen LogP contribution in [0.4, 0.5) is 5.82 Å². The van der Waals surface area contributed by atoms with Gasteiger partial charge in [0.1, 0.15) is 5.82 Å². The van der Waals surface area contributed by atoms with E-state index in [2.05, 4.69) is 26.4 Å². The molecule has 4 rings (SSSR count). The van der Waals surface area contributed by atoms with E-state index in [9.17, 15) is 5.11 Å². The molecule has 0 aliphatic heterocycles. The van der Waals surface area contributed by atoms with Crippen LogP contribution >= 0.6 is 0 Å². The van der Waals surface area contributed by atoms with E-state index in [0.717, 1.165) is 35.6 Å². The third-order valence-corrected chi connectivity index (χ3v) is 4.33. The first-order valence-corrected chi connectivity index (χ1v) is 8.59. The van der Waals surface area contributed by atoms with Crippen molar-refractivity contribution in [3.05, 3.63) is 66.7 Å². The first-order chi connectivity index (χ1) is 13.3. The molecule has 0 fully saturated rings. The van der Waals surface area contributed by atoms with Crippen molar-refractivity contribution >= 4 is 11.5 Å². The number of hydrogen-bond acceptors (Lipinski definition) is 6. The molecule has 0 aliphatic carbocycles. The summed E-state index contributed by atoms with van der Waals surface area (Å²) in [7, 11) is 1.53. The number of ether oxygens (including phenoxy) is 1. The lowest BCUT2D eigenvalue weighted by Gasteiger charge is -2.09. The molecule has 2 N–H and O–H groups in total. The molecule has 7 nitrogen and oxygen atoms in total.